The van der Waals surface area contributed by atoms with Gasteiger partial charge < -0.3 is 0 Å². The van der Waals surface area contributed by atoms with Crippen LogP contribution in [0, 0.1) is 0 Å². The summed E-state index contributed by atoms with van der Waals surface area (Å²) >= 11 is 0. The highest BCUT2D eigenvalue weighted by molar-refractivity contribution is 7.99. The van der Waals surface area contributed by atoms with Crippen LogP contribution in [0.25, 0.3) is 0 Å². The lowest BCUT2D eigenvalue weighted by Gasteiger charge is -2.00. The zero-order valence-corrected chi connectivity index (χ0v) is 8.30. The molecule has 0 aliphatic carbocycles. The summed E-state index contributed by atoms with van der Waals surface area (Å²) in [5.74, 6) is 0. The maximum absolute atomic E-state index is 11.4. The first-order chi connectivity index (χ1) is 6.31. The minimum Gasteiger partial charge on any atom is -0.248 e. The summed E-state index contributed by atoms with van der Waals surface area (Å²) in [6.45, 7) is 2.14. The molecule has 0 aromatic heterocycles. The highest BCUT2D eigenvalue weighted by atomic mass is 32.2. The van der Waals surface area contributed by atoms with Crippen molar-refractivity contribution in [3.05, 3.63) is 23.8 Å². The van der Waals surface area contributed by atoms with Crippen LogP contribution in [-0.4, -0.2) is 9.76 Å². The van der Waals surface area contributed by atoms with Crippen molar-refractivity contribution >= 4 is 22.0 Å². The van der Waals surface area contributed by atoms with Gasteiger partial charge in [-0.05, 0) is 24.1 Å². The SMILES string of the molecule is CCCc1ccc2c(c1)S(=O)C=N2. The van der Waals surface area contributed by atoms with E-state index in [0.29, 0.717) is 0 Å². The molecule has 1 unspecified atom stereocenters. The standard InChI is InChI=1S/C10H11NOS/c1-2-3-8-4-5-9-10(6-8)13(12)7-11-9/h4-7H,2-3H2,1H3. The third-order valence-electron chi connectivity index (χ3n) is 2.07. The molecule has 1 aliphatic heterocycles. The second kappa shape index (κ2) is 3.42. The van der Waals surface area contributed by atoms with E-state index in [-0.39, 0.29) is 0 Å². The molecule has 0 radical (unpaired) electrons. The van der Waals surface area contributed by atoms with E-state index in [1.165, 1.54) is 11.1 Å². The zero-order valence-electron chi connectivity index (χ0n) is 7.49. The molecule has 2 rings (SSSR count). The molecule has 1 heterocycles. The first-order valence-electron chi connectivity index (χ1n) is 4.39. The molecule has 0 saturated heterocycles. The van der Waals surface area contributed by atoms with E-state index >= 15 is 0 Å². The van der Waals surface area contributed by atoms with Crippen LogP contribution in [0.3, 0.4) is 0 Å². The van der Waals surface area contributed by atoms with Gasteiger partial charge in [0.1, 0.15) is 0 Å². The van der Waals surface area contributed by atoms with Crippen LogP contribution in [0.15, 0.2) is 28.1 Å². The van der Waals surface area contributed by atoms with Crippen molar-refractivity contribution in [3.63, 3.8) is 0 Å². The summed E-state index contributed by atoms with van der Waals surface area (Å²) in [6.07, 6.45) is 2.16. The van der Waals surface area contributed by atoms with Crippen molar-refractivity contribution in [1.82, 2.24) is 0 Å². The number of nitrogens with zero attached hydrogens (tertiary/aromatic N) is 1. The Morgan fingerprint density at radius 2 is 2.31 bits per heavy atom. The van der Waals surface area contributed by atoms with Crippen molar-refractivity contribution in [1.29, 1.82) is 0 Å². The molecule has 0 bridgehead atoms. The molecule has 13 heavy (non-hydrogen) atoms. The zero-order chi connectivity index (χ0) is 9.26. The van der Waals surface area contributed by atoms with E-state index in [4.69, 9.17) is 0 Å². The minimum absolute atomic E-state index is 0.859. The molecule has 1 aromatic rings. The quantitative estimate of drug-likeness (QED) is 0.709. The van der Waals surface area contributed by atoms with Gasteiger partial charge >= 0.3 is 0 Å². The van der Waals surface area contributed by atoms with Crippen molar-refractivity contribution in [2.75, 3.05) is 0 Å². The predicted octanol–water partition coefficient (Wildman–Crippen LogP) is 2.42. The Balaban J connectivity index is 2.39. The Morgan fingerprint density at radius 3 is 3.08 bits per heavy atom. The Kier molecular flexibility index (Phi) is 2.27. The predicted molar refractivity (Wildman–Crippen MR) is 55.0 cm³/mol. The molecule has 2 nitrogen and oxygen atoms in total. The number of aliphatic imine (C=N–C) groups is 1. The van der Waals surface area contributed by atoms with Crippen molar-refractivity contribution < 1.29 is 4.21 Å². The second-order valence-electron chi connectivity index (χ2n) is 3.08. The molecule has 68 valence electrons. The third kappa shape index (κ3) is 1.56. The summed E-state index contributed by atoms with van der Waals surface area (Å²) in [5, 5.41) is 0. The third-order valence-corrected chi connectivity index (χ3v) is 3.12. The van der Waals surface area contributed by atoms with Crippen molar-refractivity contribution in [2.24, 2.45) is 4.99 Å². The Bertz CT molecular complexity index is 385. The van der Waals surface area contributed by atoms with Gasteiger partial charge in [-0.3, -0.25) is 0 Å². The van der Waals surface area contributed by atoms with Gasteiger partial charge in [0, 0.05) is 0 Å². The molecule has 1 atom stereocenters. The van der Waals surface area contributed by atoms with E-state index in [2.05, 4.69) is 18.0 Å². The minimum atomic E-state index is -1.00. The van der Waals surface area contributed by atoms with Gasteiger partial charge in [-0.25, -0.2) is 9.20 Å². The van der Waals surface area contributed by atoms with Crippen molar-refractivity contribution in [2.45, 2.75) is 24.7 Å². The number of aryl methyl sites for hydroxylation is 1. The van der Waals surface area contributed by atoms with Gasteiger partial charge in [0.15, 0.2) is 0 Å². The first kappa shape index (κ1) is 8.63. The average molecular weight is 193 g/mol. The van der Waals surface area contributed by atoms with Gasteiger partial charge in [-0.2, -0.15) is 0 Å². The lowest BCUT2D eigenvalue weighted by molar-refractivity contribution is 0.691. The average Bonchev–Trinajstić information content (AvgIpc) is 2.49. The highest BCUT2D eigenvalue weighted by Gasteiger charge is 2.13. The normalized spacial score (nSPS) is 19.0. The van der Waals surface area contributed by atoms with Crippen molar-refractivity contribution in [3.8, 4) is 0 Å². The van der Waals surface area contributed by atoms with Gasteiger partial charge in [0.05, 0.1) is 26.9 Å². The molecule has 1 aromatic carbocycles. The molecule has 0 amide bonds. The van der Waals surface area contributed by atoms with E-state index in [0.717, 1.165) is 23.4 Å². The molecular weight excluding hydrogens is 182 g/mol. The first-order valence-corrected chi connectivity index (χ1v) is 5.60. The van der Waals surface area contributed by atoms with Gasteiger partial charge in [-0.1, -0.05) is 19.4 Å². The van der Waals surface area contributed by atoms with Crippen LogP contribution in [-0.2, 0) is 17.2 Å². The monoisotopic (exact) mass is 193 g/mol. The summed E-state index contributed by atoms with van der Waals surface area (Å²) in [7, 11) is -1.00. The second-order valence-corrected chi connectivity index (χ2v) is 4.33. The molecule has 0 N–H and O–H groups in total. The maximum Gasteiger partial charge on any atom is 0.0984 e. The van der Waals surface area contributed by atoms with Crippen LogP contribution in [0.1, 0.15) is 18.9 Å². The molecule has 0 saturated carbocycles. The van der Waals surface area contributed by atoms with E-state index in [9.17, 15) is 4.21 Å². The fraction of sp³-hybridized carbons (Fsp3) is 0.300. The fourth-order valence-electron chi connectivity index (χ4n) is 1.43. The largest absolute Gasteiger partial charge is 0.248 e. The molecule has 0 fully saturated rings. The van der Waals surface area contributed by atoms with Gasteiger partial charge in [-0.15, -0.1) is 0 Å². The Labute approximate surface area is 80.2 Å². The summed E-state index contributed by atoms with van der Waals surface area (Å²) in [5.41, 5.74) is 3.61. The van der Waals surface area contributed by atoms with Crippen LogP contribution in [0.4, 0.5) is 5.69 Å². The highest BCUT2D eigenvalue weighted by Crippen LogP contribution is 2.28. The fourth-order valence-corrected chi connectivity index (χ4v) is 2.35. The van der Waals surface area contributed by atoms with Crippen LogP contribution in [0.5, 0.6) is 0 Å². The Morgan fingerprint density at radius 1 is 1.46 bits per heavy atom. The number of benzene rings is 1. The molecular formula is C10H11NOS. The number of hydrogen-bond donors (Lipinski definition) is 0. The number of fused-ring (bicyclic) bond motifs is 1. The summed E-state index contributed by atoms with van der Waals surface area (Å²) < 4.78 is 11.4. The topological polar surface area (TPSA) is 29.4 Å². The maximum atomic E-state index is 11.4. The van der Waals surface area contributed by atoms with Crippen LogP contribution in [0.2, 0.25) is 0 Å². The van der Waals surface area contributed by atoms with E-state index in [1.807, 2.05) is 12.1 Å². The number of rotatable bonds is 2. The smallest absolute Gasteiger partial charge is 0.0984 e. The Hall–Kier alpha value is -0.960. The van der Waals surface area contributed by atoms with Crippen LogP contribution >= 0.6 is 0 Å². The van der Waals surface area contributed by atoms with E-state index < -0.39 is 10.8 Å². The molecule has 1 aliphatic rings. The molecule has 3 heteroatoms. The summed E-state index contributed by atoms with van der Waals surface area (Å²) in [6, 6.07) is 6.01. The lowest BCUT2D eigenvalue weighted by Crippen LogP contribution is -1.88. The number of hydrogen-bond acceptors (Lipinski definition) is 2. The van der Waals surface area contributed by atoms with Gasteiger partial charge in [0.25, 0.3) is 0 Å². The summed E-state index contributed by atoms with van der Waals surface area (Å²) in [4.78, 5) is 4.92. The van der Waals surface area contributed by atoms with Crippen LogP contribution < -0.4 is 0 Å². The van der Waals surface area contributed by atoms with Gasteiger partial charge in [0.2, 0.25) is 0 Å². The molecule has 0 spiro atoms. The van der Waals surface area contributed by atoms with E-state index in [1.54, 1.807) is 0 Å². The lowest BCUT2D eigenvalue weighted by atomic mass is 10.1.